The van der Waals surface area contributed by atoms with Crippen molar-refractivity contribution in [2.24, 2.45) is 5.92 Å². The highest BCUT2D eigenvalue weighted by Crippen LogP contribution is 2.32. The van der Waals surface area contributed by atoms with Crippen LogP contribution in [0.1, 0.15) is 25.2 Å². The van der Waals surface area contributed by atoms with Gasteiger partial charge in [0, 0.05) is 13.0 Å². The Morgan fingerprint density at radius 1 is 1.44 bits per heavy atom. The Kier molecular flexibility index (Phi) is 2.31. The number of hydrogen-bond donors (Lipinski definition) is 0. The lowest BCUT2D eigenvalue weighted by molar-refractivity contribution is 0.303. The number of fused-ring (bicyclic) bond motifs is 1. The molecule has 1 aromatic carbocycles. The molecule has 0 N–H and O–H groups in total. The molecular weight excluding hydrogens is 202 g/mol. The van der Waals surface area contributed by atoms with Crippen LogP contribution in [0, 0.1) is 12.8 Å². The predicted octanol–water partition coefficient (Wildman–Crippen LogP) is 3.32. The maximum atomic E-state index is 5.69. The molecule has 1 fully saturated rings. The Morgan fingerprint density at radius 2 is 2.31 bits per heavy atom. The fourth-order valence-corrected chi connectivity index (χ4v) is 1.86. The number of benzene rings is 1. The molecular formula is C13H15NO2. The number of aryl methyl sites for hydroxylation is 1. The summed E-state index contributed by atoms with van der Waals surface area (Å²) in [6.07, 6.45) is 3.94. The lowest BCUT2D eigenvalue weighted by Crippen LogP contribution is -1.97. The van der Waals surface area contributed by atoms with Crippen LogP contribution in [0.5, 0.6) is 5.75 Å². The number of aromatic nitrogens is 1. The summed E-state index contributed by atoms with van der Waals surface area (Å²) in [4.78, 5) is 4.28. The maximum absolute atomic E-state index is 5.69. The van der Waals surface area contributed by atoms with E-state index in [1.807, 2.05) is 25.1 Å². The van der Waals surface area contributed by atoms with E-state index in [0.29, 0.717) is 5.89 Å². The molecule has 3 nitrogen and oxygen atoms in total. The van der Waals surface area contributed by atoms with Gasteiger partial charge in [0.25, 0.3) is 0 Å². The topological polar surface area (TPSA) is 35.3 Å². The van der Waals surface area contributed by atoms with Crippen LogP contribution in [0.2, 0.25) is 0 Å². The zero-order chi connectivity index (χ0) is 11.0. The minimum atomic E-state index is 0.699. The molecule has 1 aromatic heterocycles. The summed E-state index contributed by atoms with van der Waals surface area (Å²) in [5, 5.41) is 0. The van der Waals surface area contributed by atoms with Crippen LogP contribution in [-0.4, -0.2) is 11.6 Å². The summed E-state index contributed by atoms with van der Waals surface area (Å²) in [7, 11) is 0. The van der Waals surface area contributed by atoms with Gasteiger partial charge in [-0.15, -0.1) is 0 Å². The molecule has 0 amide bonds. The molecule has 0 radical (unpaired) electrons. The van der Waals surface area contributed by atoms with Gasteiger partial charge in [0.05, 0.1) is 6.61 Å². The van der Waals surface area contributed by atoms with E-state index in [1.165, 1.54) is 19.3 Å². The molecule has 1 heterocycles. The molecule has 16 heavy (non-hydrogen) atoms. The lowest BCUT2D eigenvalue weighted by Gasteiger charge is -2.04. The standard InChI is InChI=1S/C13H15NO2/c1-9-14-12-8-11(4-5-13(12)16-9)15-7-6-10-2-3-10/h4-5,8,10H,2-3,6-7H2,1H3. The van der Waals surface area contributed by atoms with Crippen LogP contribution < -0.4 is 4.74 Å². The molecule has 84 valence electrons. The van der Waals surface area contributed by atoms with Gasteiger partial charge in [0.2, 0.25) is 0 Å². The van der Waals surface area contributed by atoms with Crippen molar-refractivity contribution in [1.82, 2.24) is 4.98 Å². The van der Waals surface area contributed by atoms with Crippen molar-refractivity contribution in [3.05, 3.63) is 24.1 Å². The van der Waals surface area contributed by atoms with Crippen molar-refractivity contribution >= 4 is 11.1 Å². The van der Waals surface area contributed by atoms with Crippen molar-refractivity contribution < 1.29 is 9.15 Å². The first-order valence-corrected chi connectivity index (χ1v) is 5.81. The minimum Gasteiger partial charge on any atom is -0.494 e. The first-order valence-electron chi connectivity index (χ1n) is 5.81. The quantitative estimate of drug-likeness (QED) is 0.788. The average Bonchev–Trinajstić information content (AvgIpc) is 2.99. The molecule has 1 aliphatic rings. The number of nitrogens with zero attached hydrogens (tertiary/aromatic N) is 1. The second-order valence-electron chi connectivity index (χ2n) is 4.44. The van der Waals surface area contributed by atoms with E-state index >= 15 is 0 Å². The molecule has 0 bridgehead atoms. The van der Waals surface area contributed by atoms with Crippen molar-refractivity contribution in [3.63, 3.8) is 0 Å². The number of hydrogen-bond acceptors (Lipinski definition) is 3. The fraction of sp³-hybridized carbons (Fsp3) is 0.462. The van der Waals surface area contributed by atoms with E-state index in [-0.39, 0.29) is 0 Å². The zero-order valence-corrected chi connectivity index (χ0v) is 9.40. The molecule has 1 saturated carbocycles. The van der Waals surface area contributed by atoms with Gasteiger partial charge in [-0.1, -0.05) is 12.8 Å². The van der Waals surface area contributed by atoms with Crippen molar-refractivity contribution in [3.8, 4) is 5.75 Å². The SMILES string of the molecule is Cc1nc2cc(OCCC3CC3)ccc2o1. The third-order valence-electron chi connectivity index (χ3n) is 2.96. The fourth-order valence-electron chi connectivity index (χ4n) is 1.86. The van der Waals surface area contributed by atoms with E-state index in [1.54, 1.807) is 0 Å². The monoisotopic (exact) mass is 217 g/mol. The van der Waals surface area contributed by atoms with Gasteiger partial charge in [-0.25, -0.2) is 4.98 Å². The smallest absolute Gasteiger partial charge is 0.192 e. The van der Waals surface area contributed by atoms with Crippen molar-refractivity contribution in [2.45, 2.75) is 26.2 Å². The molecule has 0 saturated heterocycles. The predicted molar refractivity (Wildman–Crippen MR) is 61.6 cm³/mol. The average molecular weight is 217 g/mol. The first kappa shape index (κ1) is 9.70. The third kappa shape index (κ3) is 2.03. The normalized spacial score (nSPS) is 15.6. The van der Waals surface area contributed by atoms with E-state index in [9.17, 15) is 0 Å². The van der Waals surface area contributed by atoms with Crippen LogP contribution in [-0.2, 0) is 0 Å². The van der Waals surface area contributed by atoms with Crippen LogP contribution >= 0.6 is 0 Å². The summed E-state index contributed by atoms with van der Waals surface area (Å²) >= 11 is 0. The summed E-state index contributed by atoms with van der Waals surface area (Å²) in [5.41, 5.74) is 1.70. The van der Waals surface area contributed by atoms with Gasteiger partial charge < -0.3 is 9.15 Å². The highest BCUT2D eigenvalue weighted by atomic mass is 16.5. The second-order valence-corrected chi connectivity index (χ2v) is 4.44. The second kappa shape index (κ2) is 3.81. The van der Waals surface area contributed by atoms with Gasteiger partial charge in [-0.3, -0.25) is 0 Å². The molecule has 0 aliphatic heterocycles. The van der Waals surface area contributed by atoms with Gasteiger partial charge in [-0.05, 0) is 24.5 Å². The summed E-state index contributed by atoms with van der Waals surface area (Å²) in [5.74, 6) is 2.50. The molecule has 3 heteroatoms. The summed E-state index contributed by atoms with van der Waals surface area (Å²) < 4.78 is 11.1. The summed E-state index contributed by atoms with van der Waals surface area (Å²) in [6.45, 7) is 2.67. The van der Waals surface area contributed by atoms with E-state index in [2.05, 4.69) is 4.98 Å². The third-order valence-corrected chi connectivity index (χ3v) is 2.96. The molecule has 0 atom stereocenters. The van der Waals surface area contributed by atoms with E-state index < -0.39 is 0 Å². The molecule has 0 unspecified atom stereocenters. The van der Waals surface area contributed by atoms with Crippen LogP contribution in [0.25, 0.3) is 11.1 Å². The molecule has 2 aromatic rings. The Bertz CT molecular complexity index is 500. The highest BCUT2D eigenvalue weighted by Gasteiger charge is 2.20. The van der Waals surface area contributed by atoms with Crippen molar-refractivity contribution in [2.75, 3.05) is 6.61 Å². The molecule has 3 rings (SSSR count). The maximum Gasteiger partial charge on any atom is 0.192 e. The lowest BCUT2D eigenvalue weighted by atomic mass is 10.3. The summed E-state index contributed by atoms with van der Waals surface area (Å²) in [6, 6.07) is 5.81. The molecule has 1 aliphatic carbocycles. The number of oxazole rings is 1. The Morgan fingerprint density at radius 3 is 3.12 bits per heavy atom. The Labute approximate surface area is 94.4 Å². The number of ether oxygens (including phenoxy) is 1. The largest absolute Gasteiger partial charge is 0.494 e. The molecule has 0 spiro atoms. The number of rotatable bonds is 4. The first-order chi connectivity index (χ1) is 7.81. The van der Waals surface area contributed by atoms with E-state index in [0.717, 1.165) is 29.4 Å². The van der Waals surface area contributed by atoms with Crippen LogP contribution in [0.3, 0.4) is 0 Å². The van der Waals surface area contributed by atoms with Gasteiger partial charge in [0.1, 0.15) is 11.3 Å². The zero-order valence-electron chi connectivity index (χ0n) is 9.40. The highest BCUT2D eigenvalue weighted by molar-refractivity contribution is 5.74. The van der Waals surface area contributed by atoms with Gasteiger partial charge >= 0.3 is 0 Å². The Hall–Kier alpha value is -1.51. The van der Waals surface area contributed by atoms with Gasteiger partial charge in [-0.2, -0.15) is 0 Å². The van der Waals surface area contributed by atoms with Crippen molar-refractivity contribution in [1.29, 1.82) is 0 Å². The minimum absolute atomic E-state index is 0.699. The Balaban J connectivity index is 1.70. The van der Waals surface area contributed by atoms with Crippen LogP contribution in [0.15, 0.2) is 22.6 Å². The van der Waals surface area contributed by atoms with Crippen LogP contribution in [0.4, 0.5) is 0 Å². The van der Waals surface area contributed by atoms with Gasteiger partial charge in [0.15, 0.2) is 11.5 Å². The van der Waals surface area contributed by atoms with E-state index in [4.69, 9.17) is 9.15 Å².